The molecule has 2 heterocycles. The molecule has 0 atom stereocenters. The average molecular weight is 309 g/mol. The third-order valence-corrected chi connectivity index (χ3v) is 4.21. The van der Waals surface area contributed by atoms with Crippen molar-refractivity contribution in [1.82, 2.24) is 9.88 Å². The number of aromatic nitrogens is 1. The number of amides is 1. The molecule has 1 saturated heterocycles. The first-order valence-electron chi connectivity index (χ1n) is 8.28. The Hall–Kier alpha value is -2.36. The Morgan fingerprint density at radius 2 is 1.83 bits per heavy atom. The minimum Gasteiger partial charge on any atom is -0.366 e. The number of hydrogen-bond donors (Lipinski definition) is 1. The third-order valence-electron chi connectivity index (χ3n) is 4.21. The van der Waals surface area contributed by atoms with Gasteiger partial charge < -0.3 is 10.2 Å². The van der Waals surface area contributed by atoms with Crippen molar-refractivity contribution in [1.29, 1.82) is 0 Å². The fourth-order valence-electron chi connectivity index (χ4n) is 2.88. The summed E-state index contributed by atoms with van der Waals surface area (Å²) in [5, 5.41) is 3.31. The SMILES string of the molecule is Cc1cccc(NCc2ccc(C(=O)N3CCCCC3)cc2)n1. The summed E-state index contributed by atoms with van der Waals surface area (Å²) in [5.74, 6) is 1.03. The molecule has 1 amide bonds. The maximum Gasteiger partial charge on any atom is 0.253 e. The van der Waals surface area contributed by atoms with E-state index in [0.29, 0.717) is 6.54 Å². The third kappa shape index (κ3) is 4.09. The van der Waals surface area contributed by atoms with Crippen molar-refractivity contribution in [2.75, 3.05) is 18.4 Å². The number of nitrogens with one attached hydrogen (secondary N) is 1. The van der Waals surface area contributed by atoms with Gasteiger partial charge in [-0.3, -0.25) is 4.79 Å². The molecule has 0 unspecified atom stereocenters. The number of piperidine rings is 1. The lowest BCUT2D eigenvalue weighted by atomic mass is 10.1. The normalized spacial score (nSPS) is 14.6. The van der Waals surface area contributed by atoms with Gasteiger partial charge >= 0.3 is 0 Å². The second-order valence-electron chi connectivity index (χ2n) is 6.07. The van der Waals surface area contributed by atoms with Crippen molar-refractivity contribution in [3.8, 4) is 0 Å². The first-order valence-corrected chi connectivity index (χ1v) is 8.28. The predicted octanol–water partition coefficient (Wildman–Crippen LogP) is 3.63. The molecule has 1 N–H and O–H groups in total. The quantitative estimate of drug-likeness (QED) is 0.938. The fourth-order valence-corrected chi connectivity index (χ4v) is 2.88. The van der Waals surface area contributed by atoms with Crippen molar-refractivity contribution in [2.24, 2.45) is 0 Å². The molecule has 4 nitrogen and oxygen atoms in total. The van der Waals surface area contributed by atoms with Crippen LogP contribution >= 0.6 is 0 Å². The molecule has 1 aliphatic rings. The molecule has 1 aromatic heterocycles. The van der Waals surface area contributed by atoms with Gasteiger partial charge in [-0.2, -0.15) is 0 Å². The van der Waals surface area contributed by atoms with Crippen molar-refractivity contribution in [2.45, 2.75) is 32.7 Å². The summed E-state index contributed by atoms with van der Waals surface area (Å²) in [7, 11) is 0. The Labute approximate surface area is 137 Å². The van der Waals surface area contributed by atoms with E-state index < -0.39 is 0 Å². The summed E-state index contributed by atoms with van der Waals surface area (Å²) in [5.41, 5.74) is 2.92. The number of nitrogens with zero attached hydrogens (tertiary/aromatic N) is 2. The van der Waals surface area contributed by atoms with Crippen LogP contribution in [0.15, 0.2) is 42.5 Å². The summed E-state index contributed by atoms with van der Waals surface area (Å²) in [6, 6.07) is 13.8. The molecule has 120 valence electrons. The summed E-state index contributed by atoms with van der Waals surface area (Å²) >= 11 is 0. The number of likely N-dealkylation sites (tertiary alicyclic amines) is 1. The number of carbonyl (C=O) groups excluding carboxylic acids is 1. The molecule has 1 fully saturated rings. The van der Waals surface area contributed by atoms with Crippen LogP contribution in [0.25, 0.3) is 0 Å². The van der Waals surface area contributed by atoms with Gasteiger partial charge in [-0.15, -0.1) is 0 Å². The Kier molecular flexibility index (Phi) is 4.91. The minimum absolute atomic E-state index is 0.157. The van der Waals surface area contributed by atoms with Gasteiger partial charge in [0.25, 0.3) is 5.91 Å². The second-order valence-corrected chi connectivity index (χ2v) is 6.07. The van der Waals surface area contributed by atoms with Crippen LogP contribution in [-0.4, -0.2) is 28.9 Å². The zero-order valence-corrected chi connectivity index (χ0v) is 13.6. The number of pyridine rings is 1. The van der Waals surface area contributed by atoms with E-state index in [9.17, 15) is 4.79 Å². The van der Waals surface area contributed by atoms with E-state index in [1.54, 1.807) is 0 Å². The zero-order chi connectivity index (χ0) is 16.1. The molecule has 0 radical (unpaired) electrons. The molecule has 3 rings (SSSR count). The molecular formula is C19H23N3O. The highest BCUT2D eigenvalue weighted by Crippen LogP contribution is 2.14. The second kappa shape index (κ2) is 7.27. The van der Waals surface area contributed by atoms with Crippen LogP contribution in [-0.2, 0) is 6.54 Å². The Morgan fingerprint density at radius 1 is 1.09 bits per heavy atom. The Bertz CT molecular complexity index is 661. The highest BCUT2D eigenvalue weighted by atomic mass is 16.2. The van der Waals surface area contributed by atoms with Crippen LogP contribution in [0.5, 0.6) is 0 Å². The van der Waals surface area contributed by atoms with Crippen LogP contribution in [0.1, 0.15) is 40.9 Å². The standard InChI is InChI=1S/C19H23N3O/c1-15-6-5-7-18(21-15)20-14-16-8-10-17(11-9-16)19(23)22-12-3-2-4-13-22/h5-11H,2-4,12-14H2,1H3,(H,20,21). The van der Waals surface area contributed by atoms with Gasteiger partial charge in [0.05, 0.1) is 0 Å². The van der Waals surface area contributed by atoms with Crippen molar-refractivity contribution >= 4 is 11.7 Å². The summed E-state index contributed by atoms with van der Waals surface area (Å²) in [6.45, 7) is 4.46. The van der Waals surface area contributed by atoms with E-state index in [0.717, 1.165) is 48.6 Å². The van der Waals surface area contributed by atoms with E-state index in [1.807, 2.05) is 54.3 Å². The lowest BCUT2D eigenvalue weighted by Gasteiger charge is -2.26. The minimum atomic E-state index is 0.157. The highest BCUT2D eigenvalue weighted by molar-refractivity contribution is 5.94. The summed E-state index contributed by atoms with van der Waals surface area (Å²) < 4.78 is 0. The first kappa shape index (κ1) is 15.5. The number of hydrogen-bond acceptors (Lipinski definition) is 3. The maximum atomic E-state index is 12.4. The largest absolute Gasteiger partial charge is 0.366 e. The zero-order valence-electron chi connectivity index (χ0n) is 13.6. The van der Waals surface area contributed by atoms with Gasteiger partial charge in [-0.1, -0.05) is 18.2 Å². The van der Waals surface area contributed by atoms with Gasteiger partial charge in [-0.25, -0.2) is 4.98 Å². The molecule has 4 heteroatoms. The molecule has 1 aromatic carbocycles. The van der Waals surface area contributed by atoms with Crippen LogP contribution in [0.2, 0.25) is 0 Å². The van der Waals surface area contributed by atoms with E-state index in [4.69, 9.17) is 0 Å². The number of rotatable bonds is 4. The van der Waals surface area contributed by atoms with Crippen molar-refractivity contribution in [3.05, 3.63) is 59.3 Å². The maximum absolute atomic E-state index is 12.4. The van der Waals surface area contributed by atoms with Crippen molar-refractivity contribution < 1.29 is 4.79 Å². The Morgan fingerprint density at radius 3 is 2.52 bits per heavy atom. The predicted molar refractivity (Wildman–Crippen MR) is 92.5 cm³/mol. The van der Waals surface area contributed by atoms with Gasteiger partial charge in [0.1, 0.15) is 5.82 Å². The number of benzene rings is 1. The van der Waals surface area contributed by atoms with Gasteiger partial charge in [0.2, 0.25) is 0 Å². The lowest BCUT2D eigenvalue weighted by Crippen LogP contribution is -2.35. The topological polar surface area (TPSA) is 45.2 Å². The van der Waals surface area contributed by atoms with Crippen molar-refractivity contribution in [3.63, 3.8) is 0 Å². The molecule has 23 heavy (non-hydrogen) atoms. The van der Waals surface area contributed by atoms with Crippen LogP contribution in [0.4, 0.5) is 5.82 Å². The smallest absolute Gasteiger partial charge is 0.253 e. The Balaban J connectivity index is 1.59. The molecule has 0 spiro atoms. The monoisotopic (exact) mass is 309 g/mol. The number of carbonyl (C=O) groups is 1. The van der Waals surface area contributed by atoms with E-state index in [-0.39, 0.29) is 5.91 Å². The van der Waals surface area contributed by atoms with E-state index in [1.165, 1.54) is 6.42 Å². The highest BCUT2D eigenvalue weighted by Gasteiger charge is 2.17. The van der Waals surface area contributed by atoms with Gasteiger partial charge in [-0.05, 0) is 56.0 Å². The van der Waals surface area contributed by atoms with E-state index >= 15 is 0 Å². The van der Waals surface area contributed by atoms with Crippen LogP contribution in [0, 0.1) is 6.92 Å². The first-order chi connectivity index (χ1) is 11.2. The average Bonchev–Trinajstić information content (AvgIpc) is 2.61. The van der Waals surface area contributed by atoms with Gasteiger partial charge in [0.15, 0.2) is 0 Å². The number of anilines is 1. The van der Waals surface area contributed by atoms with Crippen LogP contribution < -0.4 is 5.32 Å². The molecule has 1 aliphatic heterocycles. The molecule has 2 aromatic rings. The summed E-state index contributed by atoms with van der Waals surface area (Å²) in [4.78, 5) is 18.8. The van der Waals surface area contributed by atoms with Crippen LogP contribution in [0.3, 0.4) is 0 Å². The molecule has 0 saturated carbocycles. The summed E-state index contributed by atoms with van der Waals surface area (Å²) in [6.07, 6.45) is 3.48. The molecular weight excluding hydrogens is 286 g/mol. The number of aryl methyl sites for hydroxylation is 1. The lowest BCUT2D eigenvalue weighted by molar-refractivity contribution is 0.0724. The van der Waals surface area contributed by atoms with E-state index in [2.05, 4.69) is 10.3 Å². The molecule has 0 bridgehead atoms. The van der Waals surface area contributed by atoms with Gasteiger partial charge in [0, 0.05) is 30.9 Å². The molecule has 0 aliphatic carbocycles. The fraction of sp³-hybridized carbons (Fsp3) is 0.368.